The summed E-state index contributed by atoms with van der Waals surface area (Å²) in [5.41, 5.74) is 0.252. The molecule has 5 rings (SSSR count). The summed E-state index contributed by atoms with van der Waals surface area (Å²) >= 11 is 0. The highest BCUT2D eigenvalue weighted by Crippen LogP contribution is 2.66. The van der Waals surface area contributed by atoms with Crippen molar-refractivity contribution in [3.05, 3.63) is 29.8 Å². The summed E-state index contributed by atoms with van der Waals surface area (Å²) in [6, 6.07) is 7.54. The van der Waals surface area contributed by atoms with E-state index in [-0.39, 0.29) is 17.6 Å². The summed E-state index contributed by atoms with van der Waals surface area (Å²) in [6.07, 6.45) is 2.33. The van der Waals surface area contributed by atoms with E-state index in [0.717, 1.165) is 45.6 Å². The Balaban J connectivity index is 1.33. The van der Waals surface area contributed by atoms with E-state index in [0.29, 0.717) is 29.6 Å². The Hall–Kier alpha value is -1.88. The van der Waals surface area contributed by atoms with Crippen molar-refractivity contribution in [2.75, 3.05) is 32.7 Å². The average molecular weight is 354 g/mol. The number of piperazine rings is 1. The summed E-state index contributed by atoms with van der Waals surface area (Å²) in [7, 11) is 0. The molecule has 3 fully saturated rings. The molecular weight excluding hydrogens is 328 g/mol. The van der Waals surface area contributed by atoms with Gasteiger partial charge in [0, 0.05) is 38.0 Å². The molecule has 0 aromatic heterocycles. The minimum absolute atomic E-state index is 0.0648. The molecule has 4 atom stereocenters. The number of carbonyl (C=O) groups is 2. The van der Waals surface area contributed by atoms with Crippen molar-refractivity contribution in [3.8, 4) is 5.75 Å². The molecule has 1 aromatic rings. The van der Waals surface area contributed by atoms with Crippen molar-refractivity contribution >= 4 is 11.7 Å². The fraction of sp³-hybridized carbons (Fsp3) is 0.619. The third kappa shape index (κ3) is 2.33. The summed E-state index contributed by atoms with van der Waals surface area (Å²) in [4.78, 5) is 30.2. The number of ketones is 1. The summed E-state index contributed by atoms with van der Waals surface area (Å²) in [5, 5.41) is 0. The number of ether oxygens (including phenoxy) is 1. The number of benzene rings is 1. The molecule has 0 bridgehead atoms. The zero-order valence-electron chi connectivity index (χ0n) is 15.3. The van der Waals surface area contributed by atoms with Crippen LogP contribution in [-0.4, -0.2) is 59.8 Å². The van der Waals surface area contributed by atoms with Gasteiger partial charge in [0.2, 0.25) is 5.91 Å². The van der Waals surface area contributed by atoms with Crippen molar-refractivity contribution in [2.24, 2.45) is 17.8 Å². The number of Topliss-reactive ketones (excluding diaryl/α,β-unsaturated/α-hetero) is 1. The van der Waals surface area contributed by atoms with Crippen LogP contribution in [0.3, 0.4) is 0 Å². The summed E-state index contributed by atoms with van der Waals surface area (Å²) in [5.74, 6) is 1.86. The van der Waals surface area contributed by atoms with E-state index in [1.807, 2.05) is 29.2 Å². The van der Waals surface area contributed by atoms with Gasteiger partial charge in [0.25, 0.3) is 0 Å². The van der Waals surface area contributed by atoms with E-state index in [4.69, 9.17) is 4.74 Å². The number of rotatable bonds is 2. The maximum atomic E-state index is 13.1. The number of para-hydroxylation sites is 1. The number of carbonyl (C=O) groups excluding carboxylic acids is 2. The predicted octanol–water partition coefficient (Wildman–Crippen LogP) is 2.21. The number of hydrogen-bond acceptors (Lipinski definition) is 4. The Kier molecular flexibility index (Phi) is 3.64. The van der Waals surface area contributed by atoms with Crippen molar-refractivity contribution in [3.63, 3.8) is 0 Å². The van der Waals surface area contributed by atoms with Gasteiger partial charge in [0.15, 0.2) is 5.78 Å². The first-order chi connectivity index (χ1) is 12.6. The lowest BCUT2D eigenvalue weighted by Gasteiger charge is -2.38. The standard InChI is InChI=1S/C21H26N2O3/c1-2-22-9-11-23(12-10-22)20(25)18-15-7-8-21(19(15)18)13-16(24)14-5-3-4-6-17(14)26-21/h3-6,15,18-19H,2,7-13H2,1H3/t15-,18-,19+,21-/m1/s1. The number of likely N-dealkylation sites (N-methyl/N-ethyl adjacent to an activating group) is 1. The van der Waals surface area contributed by atoms with Crippen LogP contribution in [0, 0.1) is 17.8 Å². The minimum Gasteiger partial charge on any atom is -0.486 e. The molecule has 2 aliphatic carbocycles. The molecule has 0 unspecified atom stereocenters. The first-order valence-electron chi connectivity index (χ1n) is 9.95. The lowest BCUT2D eigenvalue weighted by Crippen LogP contribution is -2.50. The number of nitrogens with zero attached hydrogens (tertiary/aromatic N) is 2. The SMILES string of the molecule is CCN1CCN(C(=O)[C@@H]2[C@H]3CC[C@@]4(CC(=O)c5ccccc5O4)[C@@H]32)CC1. The number of amides is 1. The molecule has 2 heterocycles. The van der Waals surface area contributed by atoms with E-state index >= 15 is 0 Å². The van der Waals surface area contributed by atoms with Crippen molar-refractivity contribution < 1.29 is 14.3 Å². The molecule has 138 valence electrons. The first-order valence-corrected chi connectivity index (χ1v) is 9.95. The zero-order valence-corrected chi connectivity index (χ0v) is 15.3. The molecule has 0 radical (unpaired) electrons. The molecule has 1 aromatic carbocycles. The minimum atomic E-state index is -0.443. The molecular formula is C21H26N2O3. The summed E-state index contributed by atoms with van der Waals surface area (Å²) < 4.78 is 6.41. The van der Waals surface area contributed by atoms with Gasteiger partial charge in [-0.05, 0) is 37.4 Å². The lowest BCUT2D eigenvalue weighted by atomic mass is 9.84. The molecule has 1 amide bonds. The van der Waals surface area contributed by atoms with E-state index in [1.165, 1.54) is 0 Å². The van der Waals surface area contributed by atoms with Gasteiger partial charge in [-0.2, -0.15) is 0 Å². The second-order valence-electron chi connectivity index (χ2n) is 8.28. The predicted molar refractivity (Wildman–Crippen MR) is 97.1 cm³/mol. The second-order valence-corrected chi connectivity index (χ2v) is 8.28. The Morgan fingerprint density at radius 3 is 2.77 bits per heavy atom. The van der Waals surface area contributed by atoms with Gasteiger partial charge < -0.3 is 14.5 Å². The maximum absolute atomic E-state index is 13.1. The van der Waals surface area contributed by atoms with Gasteiger partial charge in [-0.15, -0.1) is 0 Å². The van der Waals surface area contributed by atoms with E-state index in [9.17, 15) is 9.59 Å². The molecule has 5 nitrogen and oxygen atoms in total. The largest absolute Gasteiger partial charge is 0.486 e. The van der Waals surface area contributed by atoms with E-state index in [2.05, 4.69) is 11.8 Å². The Labute approximate surface area is 154 Å². The highest BCUT2D eigenvalue weighted by Gasteiger charge is 2.71. The lowest BCUT2D eigenvalue weighted by molar-refractivity contribution is -0.136. The smallest absolute Gasteiger partial charge is 0.226 e. The van der Waals surface area contributed by atoms with Gasteiger partial charge in [-0.3, -0.25) is 9.59 Å². The monoisotopic (exact) mass is 354 g/mol. The average Bonchev–Trinajstić information content (AvgIpc) is 3.32. The van der Waals surface area contributed by atoms with Crippen LogP contribution in [0.1, 0.15) is 36.5 Å². The highest BCUT2D eigenvalue weighted by atomic mass is 16.5. The van der Waals surface area contributed by atoms with Crippen LogP contribution in [-0.2, 0) is 4.79 Å². The molecule has 2 aliphatic heterocycles. The van der Waals surface area contributed by atoms with E-state index in [1.54, 1.807) is 0 Å². The molecule has 4 aliphatic rings. The normalized spacial score (nSPS) is 35.8. The van der Waals surface area contributed by atoms with Crippen LogP contribution < -0.4 is 4.74 Å². The van der Waals surface area contributed by atoms with Gasteiger partial charge in [-0.1, -0.05) is 19.1 Å². The van der Waals surface area contributed by atoms with Gasteiger partial charge in [0.05, 0.1) is 12.0 Å². The topological polar surface area (TPSA) is 49.9 Å². The third-order valence-electron chi connectivity index (χ3n) is 7.05. The molecule has 26 heavy (non-hydrogen) atoms. The van der Waals surface area contributed by atoms with Crippen LogP contribution in [0.25, 0.3) is 0 Å². The van der Waals surface area contributed by atoms with Gasteiger partial charge in [0.1, 0.15) is 11.4 Å². The van der Waals surface area contributed by atoms with E-state index < -0.39 is 5.60 Å². The highest BCUT2D eigenvalue weighted by molar-refractivity contribution is 6.00. The van der Waals surface area contributed by atoms with Crippen LogP contribution in [0.2, 0.25) is 0 Å². The Morgan fingerprint density at radius 2 is 2.00 bits per heavy atom. The van der Waals surface area contributed by atoms with Crippen molar-refractivity contribution in [1.82, 2.24) is 9.80 Å². The van der Waals surface area contributed by atoms with Gasteiger partial charge in [-0.25, -0.2) is 0 Å². The van der Waals surface area contributed by atoms with Gasteiger partial charge >= 0.3 is 0 Å². The maximum Gasteiger partial charge on any atom is 0.226 e. The number of fused-ring (bicyclic) bond motifs is 3. The molecule has 1 saturated heterocycles. The van der Waals surface area contributed by atoms with Crippen molar-refractivity contribution in [2.45, 2.75) is 31.8 Å². The Bertz CT molecular complexity index is 755. The molecule has 1 spiro atoms. The molecule has 0 N–H and O–H groups in total. The zero-order chi connectivity index (χ0) is 17.9. The Morgan fingerprint density at radius 1 is 1.23 bits per heavy atom. The first kappa shape index (κ1) is 16.3. The molecule has 2 saturated carbocycles. The molecule has 5 heteroatoms. The van der Waals surface area contributed by atoms with Crippen LogP contribution in [0.4, 0.5) is 0 Å². The summed E-state index contributed by atoms with van der Waals surface area (Å²) in [6.45, 7) is 6.82. The fourth-order valence-corrected chi connectivity index (χ4v) is 5.59. The third-order valence-corrected chi connectivity index (χ3v) is 7.05. The fourth-order valence-electron chi connectivity index (χ4n) is 5.59. The van der Waals surface area contributed by atoms with Crippen molar-refractivity contribution in [1.29, 1.82) is 0 Å². The second kappa shape index (κ2) is 5.81. The number of hydrogen-bond donors (Lipinski definition) is 0. The quantitative estimate of drug-likeness (QED) is 0.817. The van der Waals surface area contributed by atoms with Crippen LogP contribution in [0.5, 0.6) is 5.75 Å². The van der Waals surface area contributed by atoms with Crippen LogP contribution >= 0.6 is 0 Å². The van der Waals surface area contributed by atoms with Crippen LogP contribution in [0.15, 0.2) is 24.3 Å².